The van der Waals surface area contributed by atoms with Gasteiger partial charge in [0.2, 0.25) is 0 Å². The Balaban J connectivity index is 1.31. The summed E-state index contributed by atoms with van der Waals surface area (Å²) in [4.78, 5) is 25.5. The molecular formula is C22H19F3N2O3. The Kier molecular flexibility index (Phi) is 3.94. The van der Waals surface area contributed by atoms with Crippen molar-refractivity contribution in [2.24, 2.45) is 0 Å². The van der Waals surface area contributed by atoms with Gasteiger partial charge in [0.15, 0.2) is 0 Å². The molecule has 2 aromatic carbocycles. The summed E-state index contributed by atoms with van der Waals surface area (Å²) >= 11 is 0. The Morgan fingerprint density at radius 3 is 2.30 bits per heavy atom. The molecule has 3 fully saturated rings. The molecule has 1 spiro atoms. The highest BCUT2D eigenvalue weighted by molar-refractivity contribution is 5.95. The van der Waals surface area contributed by atoms with Gasteiger partial charge in [-0.25, -0.2) is 4.79 Å². The molecule has 0 radical (unpaired) electrons. The van der Waals surface area contributed by atoms with Crippen LogP contribution in [0.1, 0.15) is 28.8 Å². The van der Waals surface area contributed by atoms with Crippen molar-refractivity contribution in [3.63, 3.8) is 0 Å². The van der Waals surface area contributed by atoms with E-state index in [1.165, 1.54) is 6.07 Å². The summed E-state index contributed by atoms with van der Waals surface area (Å²) < 4.78 is 45.2. The number of rotatable bonds is 3. The molecule has 30 heavy (non-hydrogen) atoms. The lowest BCUT2D eigenvalue weighted by Crippen LogP contribution is -2.69. The number of carbonyl (C=O) groups is 2. The fourth-order valence-corrected chi connectivity index (χ4v) is 4.34. The standard InChI is InChI=1S/C22H19F3N2O3/c23-22(24,25)21(8-9-21)17-3-1-2-16(10-17)14-4-6-15(7-5-14)18(28)27-11-20(12-27)13-30-19(29)26-20/h1-7,10H,8-9,11-13H2,(H,26,29). The number of ether oxygens (including phenoxy) is 1. The van der Waals surface area contributed by atoms with Gasteiger partial charge in [0, 0.05) is 18.7 Å². The number of alkyl carbamates (subject to hydrolysis) is 1. The van der Waals surface area contributed by atoms with Crippen LogP contribution in [0.4, 0.5) is 18.0 Å². The number of cyclic esters (lactones) is 1. The number of alkyl halides is 3. The quantitative estimate of drug-likeness (QED) is 0.826. The summed E-state index contributed by atoms with van der Waals surface area (Å²) in [7, 11) is 0. The second kappa shape index (κ2) is 6.23. The Hall–Kier alpha value is -3.03. The molecule has 0 aromatic heterocycles. The van der Waals surface area contributed by atoms with Gasteiger partial charge in [-0.05, 0) is 41.7 Å². The zero-order valence-electron chi connectivity index (χ0n) is 16.0. The summed E-state index contributed by atoms with van der Waals surface area (Å²) in [6, 6.07) is 13.4. The summed E-state index contributed by atoms with van der Waals surface area (Å²) in [5.74, 6) is -0.156. The van der Waals surface area contributed by atoms with Gasteiger partial charge in [-0.2, -0.15) is 13.2 Å². The number of hydrogen-bond acceptors (Lipinski definition) is 3. The van der Waals surface area contributed by atoms with Crippen LogP contribution >= 0.6 is 0 Å². The van der Waals surface area contributed by atoms with Gasteiger partial charge in [-0.3, -0.25) is 4.79 Å². The Morgan fingerprint density at radius 2 is 1.73 bits per heavy atom. The number of halogens is 3. The predicted octanol–water partition coefficient (Wildman–Crippen LogP) is 3.88. The van der Waals surface area contributed by atoms with E-state index in [0.717, 1.165) is 5.56 Å². The van der Waals surface area contributed by atoms with Crippen molar-refractivity contribution in [1.29, 1.82) is 0 Å². The van der Waals surface area contributed by atoms with Crippen LogP contribution in [0.3, 0.4) is 0 Å². The molecule has 0 atom stereocenters. The number of nitrogens with one attached hydrogen (secondary N) is 1. The summed E-state index contributed by atoms with van der Waals surface area (Å²) in [6.07, 6.45) is -4.47. The van der Waals surface area contributed by atoms with E-state index >= 15 is 0 Å². The maximum Gasteiger partial charge on any atom is 0.407 e. The predicted molar refractivity (Wildman–Crippen MR) is 102 cm³/mol. The van der Waals surface area contributed by atoms with E-state index in [1.807, 2.05) is 0 Å². The van der Waals surface area contributed by atoms with Gasteiger partial charge in [0.05, 0.1) is 5.41 Å². The highest BCUT2D eigenvalue weighted by atomic mass is 19.4. The third-order valence-electron chi connectivity index (χ3n) is 6.29. The van der Waals surface area contributed by atoms with Crippen LogP contribution in [0.5, 0.6) is 0 Å². The molecule has 1 N–H and O–H groups in total. The summed E-state index contributed by atoms with van der Waals surface area (Å²) in [5, 5.41) is 2.73. The topological polar surface area (TPSA) is 58.6 Å². The number of amides is 2. The molecule has 0 bridgehead atoms. The van der Waals surface area contributed by atoms with Crippen LogP contribution < -0.4 is 5.32 Å². The maximum absolute atomic E-state index is 13.4. The van der Waals surface area contributed by atoms with Crippen molar-refractivity contribution in [1.82, 2.24) is 10.2 Å². The van der Waals surface area contributed by atoms with E-state index in [4.69, 9.17) is 4.74 Å². The van der Waals surface area contributed by atoms with Crippen molar-refractivity contribution in [2.75, 3.05) is 19.7 Å². The van der Waals surface area contributed by atoms with E-state index in [2.05, 4.69) is 5.32 Å². The summed E-state index contributed by atoms with van der Waals surface area (Å²) in [6.45, 7) is 1.03. The fourth-order valence-electron chi connectivity index (χ4n) is 4.34. The SMILES string of the molecule is O=C1NC2(CO1)CN(C(=O)c1ccc(-c3cccc(C4(C(F)(F)F)CC4)c3)cc1)C2. The van der Waals surface area contributed by atoms with Crippen LogP contribution in [0.15, 0.2) is 48.5 Å². The lowest BCUT2D eigenvalue weighted by atomic mass is 9.90. The molecule has 1 saturated carbocycles. The summed E-state index contributed by atoms with van der Waals surface area (Å²) in [5.41, 5.74) is 0.0258. The number of likely N-dealkylation sites (tertiary alicyclic amines) is 1. The molecule has 2 heterocycles. The number of carbonyl (C=O) groups excluding carboxylic acids is 2. The van der Waals surface area contributed by atoms with Gasteiger partial charge >= 0.3 is 12.3 Å². The first-order chi connectivity index (χ1) is 14.2. The maximum atomic E-state index is 13.4. The van der Waals surface area contributed by atoms with Crippen molar-refractivity contribution in [3.05, 3.63) is 59.7 Å². The van der Waals surface area contributed by atoms with Crippen molar-refractivity contribution >= 4 is 12.0 Å². The fraction of sp³-hybridized carbons (Fsp3) is 0.364. The minimum atomic E-state index is -4.25. The molecule has 8 heteroatoms. The lowest BCUT2D eigenvalue weighted by molar-refractivity contribution is -0.160. The van der Waals surface area contributed by atoms with Crippen LogP contribution in [0.2, 0.25) is 0 Å². The van der Waals surface area contributed by atoms with Crippen LogP contribution in [0, 0.1) is 0 Å². The minimum Gasteiger partial charge on any atom is -0.447 e. The second-order valence-corrected chi connectivity index (χ2v) is 8.38. The highest BCUT2D eigenvalue weighted by Gasteiger charge is 2.64. The zero-order chi connectivity index (χ0) is 21.1. The van der Waals surface area contributed by atoms with E-state index < -0.39 is 23.2 Å². The Bertz CT molecular complexity index is 1020. The number of benzene rings is 2. The Morgan fingerprint density at radius 1 is 1.03 bits per heavy atom. The smallest absolute Gasteiger partial charge is 0.407 e. The van der Waals surface area contributed by atoms with Gasteiger partial charge in [0.1, 0.15) is 12.1 Å². The van der Waals surface area contributed by atoms with Crippen molar-refractivity contribution in [3.8, 4) is 11.1 Å². The number of nitrogens with zero attached hydrogens (tertiary/aromatic N) is 1. The normalized spacial score (nSPS) is 21.0. The molecule has 5 nitrogen and oxygen atoms in total. The first kappa shape index (κ1) is 19.0. The van der Waals surface area contributed by atoms with Gasteiger partial charge in [0.25, 0.3) is 5.91 Å². The number of hydrogen-bond donors (Lipinski definition) is 1. The average molecular weight is 416 g/mol. The molecule has 2 amide bonds. The molecule has 0 unspecified atom stereocenters. The molecular weight excluding hydrogens is 397 g/mol. The first-order valence-corrected chi connectivity index (χ1v) is 9.73. The monoisotopic (exact) mass is 416 g/mol. The van der Waals surface area contributed by atoms with E-state index in [-0.39, 0.29) is 25.4 Å². The Labute approximate surface area is 170 Å². The molecule has 5 rings (SSSR count). The van der Waals surface area contributed by atoms with E-state index in [0.29, 0.717) is 29.8 Å². The molecule has 2 saturated heterocycles. The third-order valence-corrected chi connectivity index (χ3v) is 6.29. The third kappa shape index (κ3) is 2.93. The minimum absolute atomic E-state index is 0.121. The van der Waals surface area contributed by atoms with Crippen LogP contribution in [-0.2, 0) is 10.2 Å². The molecule has 156 valence electrons. The van der Waals surface area contributed by atoms with Gasteiger partial charge in [-0.15, -0.1) is 0 Å². The average Bonchev–Trinajstić information content (AvgIpc) is 3.44. The first-order valence-electron chi connectivity index (χ1n) is 9.73. The molecule has 2 aromatic rings. The van der Waals surface area contributed by atoms with Gasteiger partial charge in [-0.1, -0.05) is 36.4 Å². The zero-order valence-corrected chi connectivity index (χ0v) is 16.0. The van der Waals surface area contributed by atoms with E-state index in [1.54, 1.807) is 47.4 Å². The van der Waals surface area contributed by atoms with Crippen molar-refractivity contribution < 1.29 is 27.5 Å². The second-order valence-electron chi connectivity index (χ2n) is 8.38. The lowest BCUT2D eigenvalue weighted by Gasteiger charge is -2.45. The van der Waals surface area contributed by atoms with E-state index in [9.17, 15) is 22.8 Å². The molecule has 3 aliphatic rings. The highest BCUT2D eigenvalue weighted by Crippen LogP contribution is 2.59. The van der Waals surface area contributed by atoms with Crippen LogP contribution in [0.25, 0.3) is 11.1 Å². The van der Waals surface area contributed by atoms with Crippen LogP contribution in [-0.4, -0.2) is 48.3 Å². The molecule has 2 aliphatic heterocycles. The van der Waals surface area contributed by atoms with Gasteiger partial charge < -0.3 is 15.0 Å². The van der Waals surface area contributed by atoms with Crippen molar-refractivity contribution in [2.45, 2.75) is 30.0 Å². The molecule has 1 aliphatic carbocycles. The largest absolute Gasteiger partial charge is 0.447 e.